The van der Waals surface area contributed by atoms with Crippen LogP contribution in [0.25, 0.3) is 0 Å². The number of rotatable bonds is 2. The van der Waals surface area contributed by atoms with E-state index in [4.69, 9.17) is 0 Å². The van der Waals surface area contributed by atoms with Crippen molar-refractivity contribution in [3.05, 3.63) is 11.3 Å². The zero-order valence-electron chi connectivity index (χ0n) is 8.84. The maximum absolute atomic E-state index is 4.36. The van der Waals surface area contributed by atoms with Crippen molar-refractivity contribution in [3.63, 3.8) is 0 Å². The summed E-state index contributed by atoms with van der Waals surface area (Å²) in [6.45, 7) is 4.01. The second-order valence-corrected chi connectivity index (χ2v) is 3.23. The first-order valence-corrected chi connectivity index (χ1v) is 4.26. The van der Waals surface area contributed by atoms with E-state index in [9.17, 15) is 0 Å². The fourth-order valence-corrected chi connectivity index (χ4v) is 1.06. The van der Waals surface area contributed by atoms with Gasteiger partial charge in [-0.2, -0.15) is 4.98 Å². The Morgan fingerprint density at radius 3 is 2.23 bits per heavy atom. The quantitative estimate of drug-likeness (QED) is 0.742. The Balaban J connectivity index is 3.22. The number of nitrogens with zero attached hydrogens (tertiary/aromatic N) is 3. The molecule has 0 atom stereocenters. The molecule has 0 spiro atoms. The van der Waals surface area contributed by atoms with Gasteiger partial charge in [0.25, 0.3) is 0 Å². The minimum absolute atomic E-state index is 0.743. The molecule has 1 N–H and O–H groups in total. The van der Waals surface area contributed by atoms with Crippen LogP contribution in [0.3, 0.4) is 0 Å². The predicted molar refractivity (Wildman–Crippen MR) is 55.4 cm³/mol. The SMILES string of the molecule is CNc1nc(N(C)C)nc(C)c1C. The summed E-state index contributed by atoms with van der Waals surface area (Å²) in [5, 5.41) is 3.05. The van der Waals surface area contributed by atoms with Crippen LogP contribution >= 0.6 is 0 Å². The van der Waals surface area contributed by atoms with Crippen molar-refractivity contribution < 1.29 is 0 Å². The fraction of sp³-hybridized carbons (Fsp3) is 0.556. The fourth-order valence-electron chi connectivity index (χ4n) is 1.06. The molecule has 0 amide bonds. The van der Waals surface area contributed by atoms with Crippen molar-refractivity contribution >= 4 is 11.8 Å². The summed E-state index contributed by atoms with van der Waals surface area (Å²) in [6, 6.07) is 0. The van der Waals surface area contributed by atoms with Crippen LogP contribution in [0.5, 0.6) is 0 Å². The average Bonchev–Trinajstić information content (AvgIpc) is 2.09. The number of anilines is 2. The highest BCUT2D eigenvalue weighted by Gasteiger charge is 2.07. The molecule has 72 valence electrons. The Kier molecular flexibility index (Phi) is 2.70. The van der Waals surface area contributed by atoms with Crippen molar-refractivity contribution in [1.29, 1.82) is 0 Å². The van der Waals surface area contributed by atoms with E-state index in [1.165, 1.54) is 0 Å². The minimum atomic E-state index is 0.743. The molecule has 1 aromatic rings. The lowest BCUT2D eigenvalue weighted by Crippen LogP contribution is -2.15. The molecule has 0 aliphatic rings. The lowest BCUT2D eigenvalue weighted by molar-refractivity contribution is 0.964. The lowest BCUT2D eigenvalue weighted by Gasteiger charge is -2.14. The van der Waals surface area contributed by atoms with Crippen LogP contribution in [-0.2, 0) is 0 Å². The van der Waals surface area contributed by atoms with Gasteiger partial charge in [-0.15, -0.1) is 0 Å². The summed E-state index contributed by atoms with van der Waals surface area (Å²) in [5.74, 6) is 1.64. The Bertz CT molecular complexity index is 307. The molecule has 13 heavy (non-hydrogen) atoms. The number of aryl methyl sites for hydroxylation is 1. The van der Waals surface area contributed by atoms with Gasteiger partial charge in [-0.05, 0) is 13.8 Å². The lowest BCUT2D eigenvalue weighted by atomic mass is 10.2. The largest absolute Gasteiger partial charge is 0.373 e. The first-order chi connectivity index (χ1) is 6.06. The smallest absolute Gasteiger partial charge is 0.227 e. The monoisotopic (exact) mass is 180 g/mol. The van der Waals surface area contributed by atoms with E-state index < -0.39 is 0 Å². The molecule has 0 saturated carbocycles. The molecular weight excluding hydrogens is 164 g/mol. The van der Waals surface area contributed by atoms with E-state index in [-0.39, 0.29) is 0 Å². The van der Waals surface area contributed by atoms with Crippen LogP contribution in [-0.4, -0.2) is 31.1 Å². The third-order valence-electron chi connectivity index (χ3n) is 2.01. The molecule has 0 radical (unpaired) electrons. The minimum Gasteiger partial charge on any atom is -0.373 e. The molecular formula is C9H16N4. The van der Waals surface area contributed by atoms with Gasteiger partial charge in [0.15, 0.2) is 0 Å². The van der Waals surface area contributed by atoms with E-state index in [0.717, 1.165) is 23.0 Å². The highest BCUT2D eigenvalue weighted by atomic mass is 15.2. The van der Waals surface area contributed by atoms with Gasteiger partial charge in [-0.3, -0.25) is 0 Å². The van der Waals surface area contributed by atoms with Crippen LogP contribution in [0.1, 0.15) is 11.3 Å². The van der Waals surface area contributed by atoms with E-state index in [2.05, 4.69) is 15.3 Å². The van der Waals surface area contributed by atoms with Gasteiger partial charge in [-0.1, -0.05) is 0 Å². The van der Waals surface area contributed by atoms with E-state index in [1.807, 2.05) is 39.9 Å². The van der Waals surface area contributed by atoms with E-state index in [0.29, 0.717) is 0 Å². The average molecular weight is 180 g/mol. The zero-order valence-corrected chi connectivity index (χ0v) is 8.84. The number of aromatic nitrogens is 2. The maximum Gasteiger partial charge on any atom is 0.227 e. The van der Waals surface area contributed by atoms with Crippen molar-refractivity contribution in [2.24, 2.45) is 0 Å². The van der Waals surface area contributed by atoms with Crippen molar-refractivity contribution in [2.75, 3.05) is 31.4 Å². The second kappa shape index (κ2) is 3.60. The molecule has 0 aliphatic heterocycles. The van der Waals surface area contributed by atoms with Gasteiger partial charge in [0, 0.05) is 32.4 Å². The summed E-state index contributed by atoms with van der Waals surface area (Å²) >= 11 is 0. The third-order valence-corrected chi connectivity index (χ3v) is 2.01. The number of nitrogens with one attached hydrogen (secondary N) is 1. The molecule has 1 rings (SSSR count). The predicted octanol–water partition coefficient (Wildman–Crippen LogP) is 1.20. The van der Waals surface area contributed by atoms with Crippen LogP contribution in [0.15, 0.2) is 0 Å². The normalized spacial score (nSPS) is 9.92. The Labute approximate surface area is 79.0 Å². The molecule has 0 aromatic carbocycles. The maximum atomic E-state index is 4.36. The van der Waals surface area contributed by atoms with E-state index >= 15 is 0 Å². The third kappa shape index (κ3) is 1.88. The Morgan fingerprint density at radius 2 is 1.77 bits per heavy atom. The molecule has 0 aliphatic carbocycles. The van der Waals surface area contributed by atoms with Crippen LogP contribution in [0.2, 0.25) is 0 Å². The molecule has 0 fully saturated rings. The number of hydrogen-bond donors (Lipinski definition) is 1. The summed E-state index contributed by atoms with van der Waals surface area (Å²) in [6.07, 6.45) is 0. The molecule has 4 heteroatoms. The first-order valence-electron chi connectivity index (χ1n) is 4.26. The Morgan fingerprint density at radius 1 is 1.15 bits per heavy atom. The Hall–Kier alpha value is -1.32. The van der Waals surface area contributed by atoms with Gasteiger partial charge in [0.05, 0.1) is 0 Å². The van der Waals surface area contributed by atoms with Crippen molar-refractivity contribution in [3.8, 4) is 0 Å². The van der Waals surface area contributed by atoms with E-state index in [1.54, 1.807) is 0 Å². The molecule has 0 unspecified atom stereocenters. The molecule has 1 aromatic heterocycles. The van der Waals surface area contributed by atoms with Crippen molar-refractivity contribution in [1.82, 2.24) is 9.97 Å². The van der Waals surface area contributed by atoms with Gasteiger partial charge in [0.2, 0.25) is 5.95 Å². The molecule has 1 heterocycles. The highest BCUT2D eigenvalue weighted by molar-refractivity contribution is 5.49. The van der Waals surface area contributed by atoms with Crippen LogP contribution < -0.4 is 10.2 Å². The summed E-state index contributed by atoms with van der Waals surface area (Å²) < 4.78 is 0. The van der Waals surface area contributed by atoms with Crippen LogP contribution in [0.4, 0.5) is 11.8 Å². The summed E-state index contributed by atoms with van der Waals surface area (Å²) in [4.78, 5) is 10.6. The number of hydrogen-bond acceptors (Lipinski definition) is 4. The van der Waals surface area contributed by atoms with Crippen LogP contribution in [0, 0.1) is 13.8 Å². The summed E-state index contributed by atoms with van der Waals surface area (Å²) in [7, 11) is 5.74. The standard InChI is InChI=1S/C9H16N4/c1-6-7(2)11-9(13(4)5)12-8(6)10-3/h1-5H3,(H,10,11,12). The topological polar surface area (TPSA) is 41.1 Å². The second-order valence-electron chi connectivity index (χ2n) is 3.23. The molecule has 0 bridgehead atoms. The van der Waals surface area contributed by atoms with Gasteiger partial charge in [-0.25, -0.2) is 4.98 Å². The van der Waals surface area contributed by atoms with Gasteiger partial charge >= 0.3 is 0 Å². The highest BCUT2D eigenvalue weighted by Crippen LogP contribution is 2.17. The molecule has 4 nitrogen and oxygen atoms in total. The summed E-state index contributed by atoms with van der Waals surface area (Å²) in [5.41, 5.74) is 2.12. The first kappa shape index (κ1) is 9.77. The molecule has 0 saturated heterocycles. The van der Waals surface area contributed by atoms with Gasteiger partial charge in [0.1, 0.15) is 5.82 Å². The van der Waals surface area contributed by atoms with Gasteiger partial charge < -0.3 is 10.2 Å². The van der Waals surface area contributed by atoms with Crippen molar-refractivity contribution in [2.45, 2.75) is 13.8 Å². The zero-order chi connectivity index (χ0) is 10.0.